The molecule has 0 aliphatic heterocycles. The second-order valence-electron chi connectivity index (χ2n) is 7.72. The second kappa shape index (κ2) is 5.29. The molecule has 0 atom stereocenters. The molecule has 2 aromatic carbocycles. The minimum absolute atomic E-state index is 0.0708. The van der Waals surface area contributed by atoms with E-state index in [1.165, 1.54) is 0 Å². The van der Waals surface area contributed by atoms with Crippen LogP contribution in [0.5, 0.6) is 0 Å². The van der Waals surface area contributed by atoms with Gasteiger partial charge in [-0.15, -0.1) is 0 Å². The molecule has 0 radical (unpaired) electrons. The van der Waals surface area contributed by atoms with Crippen LogP contribution in [0.25, 0.3) is 11.1 Å². The maximum atomic E-state index is 15.2. The first-order valence-corrected chi connectivity index (χ1v) is 7.51. The summed E-state index contributed by atoms with van der Waals surface area (Å²) in [4.78, 5) is 0. The van der Waals surface area contributed by atoms with Crippen molar-refractivity contribution >= 4 is 0 Å². The zero-order valence-electron chi connectivity index (χ0n) is 13.9. The molecule has 0 aliphatic carbocycles. The molecule has 2 rings (SSSR count). The molecule has 0 aromatic heterocycles. The summed E-state index contributed by atoms with van der Waals surface area (Å²) in [7, 11) is 0. The second-order valence-corrected chi connectivity index (χ2v) is 7.72. The molecule has 1 heteroatoms. The third-order valence-corrected chi connectivity index (χ3v) is 3.78. The van der Waals surface area contributed by atoms with Gasteiger partial charge in [-0.05, 0) is 27.5 Å². The van der Waals surface area contributed by atoms with Crippen molar-refractivity contribution in [3.8, 4) is 11.1 Å². The van der Waals surface area contributed by atoms with Gasteiger partial charge in [-0.25, -0.2) is 4.39 Å². The summed E-state index contributed by atoms with van der Waals surface area (Å²) < 4.78 is 15.2. The highest BCUT2D eigenvalue weighted by atomic mass is 19.1. The van der Waals surface area contributed by atoms with Crippen LogP contribution in [0, 0.1) is 5.82 Å². The van der Waals surface area contributed by atoms with Crippen LogP contribution in [0.2, 0.25) is 0 Å². The topological polar surface area (TPSA) is 0 Å². The van der Waals surface area contributed by atoms with Crippen molar-refractivity contribution in [2.75, 3.05) is 0 Å². The van der Waals surface area contributed by atoms with Crippen LogP contribution in [0.1, 0.15) is 52.7 Å². The predicted molar refractivity (Wildman–Crippen MR) is 89.2 cm³/mol. The lowest BCUT2D eigenvalue weighted by molar-refractivity contribution is 0.488. The standard InChI is InChI=1S/C20H25F/c1-19(2,3)16-13-12-15(14-10-8-7-9-11-14)18(21)17(16)20(4,5)6/h7-13H,1-6H3. The number of hydrogen-bond acceptors (Lipinski definition) is 0. The minimum Gasteiger partial charge on any atom is -0.206 e. The van der Waals surface area contributed by atoms with Gasteiger partial charge in [0.15, 0.2) is 0 Å². The van der Waals surface area contributed by atoms with Crippen LogP contribution < -0.4 is 0 Å². The molecule has 0 bridgehead atoms. The summed E-state index contributed by atoms with van der Waals surface area (Å²) in [5.41, 5.74) is 3.24. The predicted octanol–water partition coefficient (Wildman–Crippen LogP) is 6.09. The first-order valence-electron chi connectivity index (χ1n) is 7.51. The van der Waals surface area contributed by atoms with Gasteiger partial charge >= 0.3 is 0 Å². The Kier molecular flexibility index (Phi) is 3.97. The quantitative estimate of drug-likeness (QED) is 0.594. The Morgan fingerprint density at radius 2 is 1.29 bits per heavy atom. The highest BCUT2D eigenvalue weighted by Gasteiger charge is 2.29. The largest absolute Gasteiger partial charge is 0.206 e. The van der Waals surface area contributed by atoms with E-state index in [2.05, 4.69) is 47.6 Å². The average Bonchev–Trinajstić information content (AvgIpc) is 2.36. The van der Waals surface area contributed by atoms with Crippen molar-refractivity contribution in [2.24, 2.45) is 0 Å². The van der Waals surface area contributed by atoms with Crippen molar-refractivity contribution in [1.29, 1.82) is 0 Å². The van der Waals surface area contributed by atoms with E-state index in [1.807, 2.05) is 36.4 Å². The van der Waals surface area contributed by atoms with Crippen LogP contribution in [-0.4, -0.2) is 0 Å². The molecular formula is C20H25F. The van der Waals surface area contributed by atoms with Gasteiger partial charge in [0.25, 0.3) is 0 Å². The maximum absolute atomic E-state index is 15.2. The average molecular weight is 284 g/mol. The van der Waals surface area contributed by atoms with Crippen molar-refractivity contribution in [1.82, 2.24) is 0 Å². The minimum atomic E-state index is -0.225. The van der Waals surface area contributed by atoms with E-state index < -0.39 is 0 Å². The highest BCUT2D eigenvalue weighted by Crippen LogP contribution is 2.39. The van der Waals surface area contributed by atoms with Gasteiger partial charge in [0.2, 0.25) is 0 Å². The van der Waals surface area contributed by atoms with E-state index >= 15 is 4.39 Å². The summed E-state index contributed by atoms with van der Waals surface area (Å²) >= 11 is 0. The summed E-state index contributed by atoms with van der Waals surface area (Å²) in [5.74, 6) is -0.0823. The van der Waals surface area contributed by atoms with E-state index in [-0.39, 0.29) is 16.6 Å². The first kappa shape index (κ1) is 15.8. The lowest BCUT2D eigenvalue weighted by Gasteiger charge is -2.31. The number of benzene rings is 2. The van der Waals surface area contributed by atoms with Gasteiger partial charge in [0, 0.05) is 5.56 Å². The number of rotatable bonds is 1. The van der Waals surface area contributed by atoms with Crippen LogP contribution in [-0.2, 0) is 10.8 Å². The smallest absolute Gasteiger partial charge is 0.135 e. The maximum Gasteiger partial charge on any atom is 0.135 e. The summed E-state index contributed by atoms with van der Waals surface area (Å²) in [6.07, 6.45) is 0. The SMILES string of the molecule is CC(C)(C)c1ccc(-c2ccccc2)c(F)c1C(C)(C)C. The molecule has 2 aromatic rings. The van der Waals surface area contributed by atoms with Crippen molar-refractivity contribution < 1.29 is 4.39 Å². The fourth-order valence-electron chi connectivity index (χ4n) is 2.77. The van der Waals surface area contributed by atoms with Crippen molar-refractivity contribution in [3.05, 3.63) is 59.4 Å². The van der Waals surface area contributed by atoms with Gasteiger partial charge < -0.3 is 0 Å². The van der Waals surface area contributed by atoms with Gasteiger partial charge in [-0.3, -0.25) is 0 Å². The monoisotopic (exact) mass is 284 g/mol. The number of halogens is 1. The lowest BCUT2D eigenvalue weighted by Crippen LogP contribution is -2.24. The molecule has 0 saturated carbocycles. The summed E-state index contributed by atoms with van der Waals surface area (Å²) in [5, 5.41) is 0. The Hall–Kier alpha value is -1.63. The Labute approximate surface area is 128 Å². The highest BCUT2D eigenvalue weighted by molar-refractivity contribution is 5.66. The zero-order chi connectivity index (χ0) is 15.8. The molecule has 112 valence electrons. The van der Waals surface area contributed by atoms with Crippen LogP contribution >= 0.6 is 0 Å². The Balaban J connectivity index is 2.75. The summed E-state index contributed by atoms with van der Waals surface area (Å²) in [6, 6.07) is 13.8. The molecule has 0 saturated heterocycles. The first-order chi connectivity index (χ1) is 9.62. The third-order valence-electron chi connectivity index (χ3n) is 3.78. The van der Waals surface area contributed by atoms with Gasteiger partial charge in [0.1, 0.15) is 5.82 Å². The Morgan fingerprint density at radius 1 is 0.714 bits per heavy atom. The molecule has 0 N–H and O–H groups in total. The molecule has 0 unspecified atom stereocenters. The molecule has 0 aliphatic rings. The van der Waals surface area contributed by atoms with Gasteiger partial charge in [0.05, 0.1) is 0 Å². The molecule has 0 heterocycles. The van der Waals surface area contributed by atoms with Crippen molar-refractivity contribution in [3.63, 3.8) is 0 Å². The van der Waals surface area contributed by atoms with E-state index in [1.54, 1.807) is 0 Å². The van der Waals surface area contributed by atoms with Crippen LogP contribution in [0.3, 0.4) is 0 Å². The molecule has 21 heavy (non-hydrogen) atoms. The van der Waals surface area contributed by atoms with Crippen molar-refractivity contribution in [2.45, 2.75) is 52.4 Å². The Bertz CT molecular complexity index is 625. The molecule has 0 fully saturated rings. The van der Waals surface area contributed by atoms with Crippen LogP contribution in [0.4, 0.5) is 4.39 Å². The Morgan fingerprint density at radius 3 is 1.76 bits per heavy atom. The van der Waals surface area contributed by atoms with E-state index in [9.17, 15) is 0 Å². The zero-order valence-corrected chi connectivity index (χ0v) is 13.9. The van der Waals surface area contributed by atoms with Gasteiger partial charge in [-0.1, -0.05) is 84.0 Å². The fraction of sp³-hybridized carbons (Fsp3) is 0.400. The number of hydrogen-bond donors (Lipinski definition) is 0. The van der Waals surface area contributed by atoms with E-state index in [0.717, 1.165) is 16.7 Å². The molecule has 0 nitrogen and oxygen atoms in total. The van der Waals surface area contributed by atoms with E-state index in [4.69, 9.17) is 0 Å². The molecule has 0 spiro atoms. The lowest BCUT2D eigenvalue weighted by atomic mass is 9.74. The third kappa shape index (κ3) is 3.18. The van der Waals surface area contributed by atoms with E-state index in [0.29, 0.717) is 5.56 Å². The molecular weight excluding hydrogens is 259 g/mol. The van der Waals surface area contributed by atoms with Gasteiger partial charge in [-0.2, -0.15) is 0 Å². The summed E-state index contributed by atoms with van der Waals surface area (Å²) in [6.45, 7) is 12.7. The molecule has 0 amide bonds. The normalized spacial score (nSPS) is 12.5. The fourth-order valence-corrected chi connectivity index (χ4v) is 2.77. The van der Waals surface area contributed by atoms with Crippen LogP contribution in [0.15, 0.2) is 42.5 Å².